The van der Waals surface area contributed by atoms with Gasteiger partial charge in [-0.3, -0.25) is 14.3 Å². The van der Waals surface area contributed by atoms with Gasteiger partial charge in [0, 0.05) is 61.0 Å². The van der Waals surface area contributed by atoms with E-state index in [2.05, 4.69) is 18.4 Å². The van der Waals surface area contributed by atoms with Crippen molar-refractivity contribution in [2.45, 2.75) is 32.7 Å². The number of fused-ring (bicyclic) bond motifs is 1. The molecule has 180 valence electrons. The summed E-state index contributed by atoms with van der Waals surface area (Å²) in [6.07, 6.45) is 4.68. The summed E-state index contributed by atoms with van der Waals surface area (Å²) in [7, 11) is 1.62. The molecule has 8 heteroatoms. The lowest BCUT2D eigenvalue weighted by Crippen LogP contribution is -2.39. The van der Waals surface area contributed by atoms with Gasteiger partial charge in [0.05, 0.1) is 12.1 Å². The summed E-state index contributed by atoms with van der Waals surface area (Å²) >= 11 is 5.94. The summed E-state index contributed by atoms with van der Waals surface area (Å²) in [5.74, 6) is 0.426. The molecule has 1 aliphatic heterocycles. The third kappa shape index (κ3) is 5.42. The first-order chi connectivity index (χ1) is 16.5. The van der Waals surface area contributed by atoms with Crippen LogP contribution in [0.3, 0.4) is 0 Å². The minimum atomic E-state index is -0.0822. The van der Waals surface area contributed by atoms with Crippen molar-refractivity contribution in [3.63, 3.8) is 0 Å². The fourth-order valence-corrected chi connectivity index (χ4v) is 4.73. The monoisotopic (exact) mass is 482 g/mol. The highest BCUT2D eigenvalue weighted by Gasteiger charge is 2.24. The lowest BCUT2D eigenvalue weighted by Gasteiger charge is -2.32. The van der Waals surface area contributed by atoms with Crippen LogP contribution in [0.5, 0.6) is 0 Å². The molecule has 0 saturated carbocycles. The highest BCUT2D eigenvalue weighted by molar-refractivity contribution is 6.30. The number of rotatable bonds is 8. The van der Waals surface area contributed by atoms with Gasteiger partial charge in [0.15, 0.2) is 0 Å². The summed E-state index contributed by atoms with van der Waals surface area (Å²) in [5.41, 5.74) is 3.29. The third-order valence-corrected chi connectivity index (χ3v) is 6.73. The molecule has 1 aliphatic rings. The van der Waals surface area contributed by atoms with E-state index in [1.807, 2.05) is 21.7 Å². The number of carbonyl (C=O) groups excluding carboxylic acids is 2. The SMILES string of the molecule is CCc1c(C(=O)NCCOC)ccc2nn(CC3CCN(C(=O)c4ccc(Cl)cc4)CC3)cc12. The number of ether oxygens (including phenoxy) is 1. The molecule has 34 heavy (non-hydrogen) atoms. The van der Waals surface area contributed by atoms with Crippen LogP contribution in [0.1, 0.15) is 46.0 Å². The van der Waals surface area contributed by atoms with E-state index in [1.165, 1.54) is 0 Å². The zero-order valence-electron chi connectivity index (χ0n) is 19.7. The number of halogens is 1. The maximum Gasteiger partial charge on any atom is 0.253 e. The number of methoxy groups -OCH3 is 1. The lowest BCUT2D eigenvalue weighted by atomic mass is 9.96. The van der Waals surface area contributed by atoms with Gasteiger partial charge in [-0.25, -0.2) is 0 Å². The van der Waals surface area contributed by atoms with E-state index in [9.17, 15) is 9.59 Å². The lowest BCUT2D eigenvalue weighted by molar-refractivity contribution is 0.0681. The van der Waals surface area contributed by atoms with Gasteiger partial charge in [-0.15, -0.1) is 0 Å². The van der Waals surface area contributed by atoms with E-state index in [1.54, 1.807) is 31.4 Å². The Kier molecular flexibility index (Phi) is 7.85. The average molecular weight is 483 g/mol. The van der Waals surface area contributed by atoms with Crippen molar-refractivity contribution in [3.05, 3.63) is 64.3 Å². The van der Waals surface area contributed by atoms with Crippen LogP contribution < -0.4 is 5.32 Å². The summed E-state index contributed by atoms with van der Waals surface area (Å²) in [6.45, 7) is 5.30. The fourth-order valence-electron chi connectivity index (χ4n) is 4.61. The van der Waals surface area contributed by atoms with Crippen molar-refractivity contribution >= 4 is 34.3 Å². The second kappa shape index (κ2) is 11.0. The Bertz CT molecular complexity index is 1150. The van der Waals surface area contributed by atoms with Gasteiger partial charge in [-0.2, -0.15) is 5.10 Å². The molecule has 0 atom stereocenters. The third-order valence-electron chi connectivity index (χ3n) is 6.48. The van der Waals surface area contributed by atoms with Crippen molar-refractivity contribution in [2.24, 2.45) is 5.92 Å². The number of amides is 2. The molecule has 2 amide bonds. The molecule has 1 aromatic heterocycles. The molecular weight excluding hydrogens is 452 g/mol. The number of likely N-dealkylation sites (tertiary alicyclic amines) is 1. The number of hydrogen-bond donors (Lipinski definition) is 1. The van der Waals surface area contributed by atoms with Gasteiger partial charge >= 0.3 is 0 Å². The summed E-state index contributed by atoms with van der Waals surface area (Å²) < 4.78 is 7.02. The number of hydrogen-bond acceptors (Lipinski definition) is 4. The molecule has 4 rings (SSSR count). The maximum absolute atomic E-state index is 12.8. The Morgan fingerprint density at radius 3 is 2.56 bits per heavy atom. The topological polar surface area (TPSA) is 76.5 Å². The van der Waals surface area contributed by atoms with Crippen LogP contribution in [0.2, 0.25) is 5.02 Å². The smallest absolute Gasteiger partial charge is 0.253 e. The molecule has 0 unspecified atom stereocenters. The van der Waals surface area contributed by atoms with E-state index >= 15 is 0 Å². The Balaban J connectivity index is 1.40. The van der Waals surface area contributed by atoms with E-state index in [0.29, 0.717) is 35.2 Å². The highest BCUT2D eigenvalue weighted by atomic mass is 35.5. The van der Waals surface area contributed by atoms with Crippen LogP contribution in [-0.4, -0.2) is 59.8 Å². The average Bonchev–Trinajstić information content (AvgIpc) is 3.26. The molecule has 1 saturated heterocycles. The predicted octanol–water partition coefficient (Wildman–Crippen LogP) is 4.18. The summed E-state index contributed by atoms with van der Waals surface area (Å²) in [6, 6.07) is 10.9. The fraction of sp³-hybridized carbons (Fsp3) is 0.423. The molecule has 3 aromatic rings. The van der Waals surface area contributed by atoms with Gasteiger partial charge in [0.1, 0.15) is 0 Å². The molecule has 1 fully saturated rings. The second-order valence-electron chi connectivity index (χ2n) is 8.72. The zero-order chi connectivity index (χ0) is 24.1. The summed E-state index contributed by atoms with van der Waals surface area (Å²) in [5, 5.41) is 9.34. The van der Waals surface area contributed by atoms with Crippen LogP contribution in [0.25, 0.3) is 10.9 Å². The molecule has 2 aromatic carbocycles. The Morgan fingerprint density at radius 1 is 1.15 bits per heavy atom. The number of benzene rings is 2. The van der Waals surface area contributed by atoms with Crippen molar-refractivity contribution in [3.8, 4) is 0 Å². The standard InChI is InChI=1S/C26H31ClN4O3/c1-3-21-22(25(32)28-12-15-34-2)8-9-24-23(21)17-31(29-24)16-18-10-13-30(14-11-18)26(33)19-4-6-20(27)7-5-19/h4-9,17-18H,3,10-16H2,1-2H3,(H,28,32). The first kappa shape index (κ1) is 24.2. The van der Waals surface area contributed by atoms with Crippen LogP contribution in [0, 0.1) is 5.92 Å². The van der Waals surface area contributed by atoms with Crippen LogP contribution >= 0.6 is 11.6 Å². The minimum Gasteiger partial charge on any atom is -0.383 e. The molecule has 7 nitrogen and oxygen atoms in total. The first-order valence-corrected chi connectivity index (χ1v) is 12.2. The normalized spacial score (nSPS) is 14.5. The summed E-state index contributed by atoms with van der Waals surface area (Å²) in [4.78, 5) is 27.3. The van der Waals surface area contributed by atoms with Gasteiger partial charge in [0.25, 0.3) is 11.8 Å². The number of piperidine rings is 1. The van der Waals surface area contributed by atoms with Crippen LogP contribution in [-0.2, 0) is 17.7 Å². The first-order valence-electron chi connectivity index (χ1n) is 11.8. The quantitative estimate of drug-likeness (QED) is 0.489. The molecular formula is C26H31ClN4O3. The highest BCUT2D eigenvalue weighted by Crippen LogP contribution is 2.25. The van der Waals surface area contributed by atoms with Crippen molar-refractivity contribution < 1.29 is 14.3 Å². The van der Waals surface area contributed by atoms with Gasteiger partial charge in [-0.1, -0.05) is 18.5 Å². The van der Waals surface area contributed by atoms with Crippen LogP contribution in [0.15, 0.2) is 42.6 Å². The Morgan fingerprint density at radius 2 is 1.88 bits per heavy atom. The van der Waals surface area contributed by atoms with Crippen molar-refractivity contribution in [2.75, 3.05) is 33.4 Å². The largest absolute Gasteiger partial charge is 0.383 e. The van der Waals surface area contributed by atoms with Crippen molar-refractivity contribution in [1.29, 1.82) is 0 Å². The maximum atomic E-state index is 12.8. The number of carbonyl (C=O) groups is 2. The Labute approximate surface area is 205 Å². The minimum absolute atomic E-state index is 0.0591. The zero-order valence-corrected chi connectivity index (χ0v) is 20.5. The molecule has 0 spiro atoms. The number of nitrogens with one attached hydrogen (secondary N) is 1. The predicted molar refractivity (Wildman–Crippen MR) is 133 cm³/mol. The molecule has 1 N–H and O–H groups in total. The van der Waals surface area contributed by atoms with Crippen LogP contribution in [0.4, 0.5) is 0 Å². The molecule has 2 heterocycles. The number of aryl methyl sites for hydroxylation is 1. The number of nitrogens with zero attached hydrogens (tertiary/aromatic N) is 3. The van der Waals surface area contributed by atoms with E-state index < -0.39 is 0 Å². The molecule has 0 bridgehead atoms. The number of aromatic nitrogens is 2. The molecule has 0 aliphatic carbocycles. The van der Waals surface area contributed by atoms with Gasteiger partial charge in [-0.05, 0) is 67.1 Å². The Hall–Kier alpha value is -2.90. The van der Waals surface area contributed by atoms with E-state index in [4.69, 9.17) is 21.4 Å². The van der Waals surface area contributed by atoms with Gasteiger partial charge in [0.2, 0.25) is 0 Å². The van der Waals surface area contributed by atoms with Gasteiger partial charge < -0.3 is 15.0 Å². The second-order valence-corrected chi connectivity index (χ2v) is 9.16. The van der Waals surface area contributed by atoms with E-state index in [0.717, 1.165) is 55.4 Å². The molecule has 0 radical (unpaired) electrons. The van der Waals surface area contributed by atoms with Crippen molar-refractivity contribution in [1.82, 2.24) is 20.0 Å². The van der Waals surface area contributed by atoms with E-state index in [-0.39, 0.29) is 11.8 Å².